The highest BCUT2D eigenvalue weighted by molar-refractivity contribution is 7.17. The van der Waals surface area contributed by atoms with E-state index in [0.717, 1.165) is 16.0 Å². The molecule has 102 valence electrons. The van der Waals surface area contributed by atoms with Gasteiger partial charge in [0.25, 0.3) is 5.56 Å². The van der Waals surface area contributed by atoms with Crippen molar-refractivity contribution in [1.82, 2.24) is 9.97 Å². The molecule has 0 aliphatic rings. The number of aromatic nitrogens is 2. The number of rotatable bonds is 1. The van der Waals surface area contributed by atoms with E-state index in [1.54, 1.807) is 0 Å². The average Bonchev–Trinajstić information content (AvgIpc) is 2.83. The van der Waals surface area contributed by atoms with Gasteiger partial charge >= 0.3 is 0 Å². The van der Waals surface area contributed by atoms with E-state index < -0.39 is 0 Å². The Bertz CT molecular complexity index is 807. The van der Waals surface area contributed by atoms with Crippen molar-refractivity contribution in [3.63, 3.8) is 0 Å². The fraction of sp³-hybridized carbons (Fsp3) is 0.250. The third kappa shape index (κ3) is 2.16. The lowest BCUT2D eigenvalue weighted by atomic mass is 9.86. The van der Waals surface area contributed by atoms with Gasteiger partial charge < -0.3 is 4.98 Å². The van der Waals surface area contributed by atoms with Crippen LogP contribution >= 0.6 is 11.3 Å². The first kappa shape index (κ1) is 13.1. The molecule has 1 N–H and O–H groups in total. The summed E-state index contributed by atoms with van der Waals surface area (Å²) in [4.78, 5) is 19.6. The lowest BCUT2D eigenvalue weighted by Crippen LogP contribution is -2.10. The largest absolute Gasteiger partial charge is 0.313 e. The molecule has 0 bridgehead atoms. The lowest BCUT2D eigenvalue weighted by molar-refractivity contribution is 0.590. The molecule has 3 rings (SSSR count). The topological polar surface area (TPSA) is 45.8 Å². The van der Waals surface area contributed by atoms with Crippen LogP contribution in [0.3, 0.4) is 0 Å². The summed E-state index contributed by atoms with van der Waals surface area (Å²) < 4.78 is 0. The van der Waals surface area contributed by atoms with Gasteiger partial charge in [0.15, 0.2) is 0 Å². The van der Waals surface area contributed by atoms with Crippen molar-refractivity contribution in [3.05, 3.63) is 51.9 Å². The number of aromatic amines is 1. The second-order valence-corrected chi connectivity index (χ2v) is 6.75. The van der Waals surface area contributed by atoms with Gasteiger partial charge in [0.2, 0.25) is 0 Å². The van der Waals surface area contributed by atoms with Crippen LogP contribution in [0.4, 0.5) is 0 Å². The zero-order chi connectivity index (χ0) is 14.3. The third-order valence-corrected chi connectivity index (χ3v) is 4.32. The van der Waals surface area contributed by atoms with Crippen LogP contribution in [0.2, 0.25) is 0 Å². The summed E-state index contributed by atoms with van der Waals surface area (Å²) in [5.41, 5.74) is 3.36. The first-order chi connectivity index (χ1) is 9.47. The van der Waals surface area contributed by atoms with Crippen molar-refractivity contribution in [2.24, 2.45) is 0 Å². The molecule has 2 heterocycles. The predicted molar refractivity (Wildman–Crippen MR) is 84.4 cm³/mol. The van der Waals surface area contributed by atoms with Gasteiger partial charge in [0.05, 0.1) is 11.7 Å². The fourth-order valence-corrected chi connectivity index (χ4v) is 3.16. The second kappa shape index (κ2) is 4.56. The Balaban J connectivity index is 2.15. The van der Waals surface area contributed by atoms with Crippen LogP contribution < -0.4 is 5.56 Å². The first-order valence-electron chi connectivity index (χ1n) is 6.52. The standard InChI is InChI=1S/C16H16N2OS/c1-16(2,3)11-6-4-10(5-7-11)12-8-20-15-13(12)14(19)17-9-18-15/h4-9H,1-3H3,(H,17,18,19). The van der Waals surface area contributed by atoms with Crippen molar-refractivity contribution in [2.75, 3.05) is 0 Å². The normalized spacial score (nSPS) is 11.9. The number of hydrogen-bond acceptors (Lipinski definition) is 3. The highest BCUT2D eigenvalue weighted by Crippen LogP contribution is 2.32. The number of nitrogens with one attached hydrogen (secondary N) is 1. The van der Waals surface area contributed by atoms with E-state index >= 15 is 0 Å². The monoisotopic (exact) mass is 284 g/mol. The van der Waals surface area contributed by atoms with Crippen LogP contribution in [0.15, 0.2) is 40.8 Å². The highest BCUT2D eigenvalue weighted by Gasteiger charge is 2.15. The molecule has 0 unspecified atom stereocenters. The quantitative estimate of drug-likeness (QED) is 0.735. The third-order valence-electron chi connectivity index (χ3n) is 3.44. The molecule has 2 aromatic heterocycles. The van der Waals surface area contributed by atoms with E-state index in [1.807, 2.05) is 5.38 Å². The van der Waals surface area contributed by atoms with Crippen molar-refractivity contribution < 1.29 is 0 Å². The Kier molecular flexibility index (Phi) is 2.98. The van der Waals surface area contributed by atoms with Gasteiger partial charge in [0, 0.05) is 10.9 Å². The summed E-state index contributed by atoms with van der Waals surface area (Å²) in [6, 6.07) is 8.41. The van der Waals surface area contributed by atoms with Gasteiger partial charge in [-0.1, -0.05) is 45.0 Å². The molecular weight excluding hydrogens is 268 g/mol. The summed E-state index contributed by atoms with van der Waals surface area (Å²) in [5.74, 6) is 0. The molecule has 0 atom stereocenters. The van der Waals surface area contributed by atoms with Crippen LogP contribution in [0.25, 0.3) is 21.3 Å². The van der Waals surface area contributed by atoms with Crippen molar-refractivity contribution in [3.8, 4) is 11.1 Å². The number of fused-ring (bicyclic) bond motifs is 1. The minimum atomic E-state index is -0.0776. The smallest absolute Gasteiger partial charge is 0.260 e. The molecule has 1 aromatic carbocycles. The van der Waals surface area contributed by atoms with Gasteiger partial charge in [-0.2, -0.15) is 0 Å². The summed E-state index contributed by atoms with van der Waals surface area (Å²) in [6.07, 6.45) is 1.45. The zero-order valence-corrected chi connectivity index (χ0v) is 12.5. The molecule has 4 heteroatoms. The zero-order valence-electron chi connectivity index (χ0n) is 11.7. The lowest BCUT2D eigenvalue weighted by Gasteiger charge is -2.19. The Morgan fingerprint density at radius 1 is 1.15 bits per heavy atom. The summed E-state index contributed by atoms with van der Waals surface area (Å²) in [6.45, 7) is 6.57. The van der Waals surface area contributed by atoms with Crippen LogP contribution in [0, 0.1) is 0 Å². The number of nitrogens with zero attached hydrogens (tertiary/aromatic N) is 1. The van der Waals surface area contributed by atoms with E-state index in [-0.39, 0.29) is 11.0 Å². The SMILES string of the molecule is CC(C)(C)c1ccc(-c2csc3nc[nH]c(=O)c23)cc1. The molecule has 0 aliphatic carbocycles. The van der Waals surface area contributed by atoms with Crippen LogP contribution in [-0.4, -0.2) is 9.97 Å². The Morgan fingerprint density at radius 3 is 2.50 bits per heavy atom. The van der Waals surface area contributed by atoms with E-state index in [9.17, 15) is 4.79 Å². The van der Waals surface area contributed by atoms with E-state index in [0.29, 0.717) is 5.39 Å². The molecule has 0 saturated carbocycles. The maximum Gasteiger partial charge on any atom is 0.260 e. The molecule has 0 amide bonds. The Morgan fingerprint density at radius 2 is 1.85 bits per heavy atom. The molecule has 0 fully saturated rings. The van der Waals surface area contributed by atoms with E-state index in [4.69, 9.17) is 0 Å². The molecule has 0 saturated heterocycles. The van der Waals surface area contributed by atoms with Crippen LogP contribution in [0.5, 0.6) is 0 Å². The molecular formula is C16H16N2OS. The number of H-pyrrole nitrogens is 1. The number of hydrogen-bond donors (Lipinski definition) is 1. The van der Waals surface area contributed by atoms with Crippen molar-refractivity contribution in [2.45, 2.75) is 26.2 Å². The van der Waals surface area contributed by atoms with Crippen molar-refractivity contribution in [1.29, 1.82) is 0 Å². The highest BCUT2D eigenvalue weighted by atomic mass is 32.1. The second-order valence-electron chi connectivity index (χ2n) is 5.89. The maximum atomic E-state index is 12.0. The fourth-order valence-electron chi connectivity index (χ4n) is 2.25. The van der Waals surface area contributed by atoms with Crippen molar-refractivity contribution >= 4 is 21.6 Å². The van der Waals surface area contributed by atoms with Gasteiger partial charge in [-0.05, 0) is 16.5 Å². The molecule has 3 aromatic rings. The number of thiophene rings is 1. The summed E-state index contributed by atoms with van der Waals surface area (Å²) in [5, 5.41) is 2.68. The maximum absolute atomic E-state index is 12.0. The molecule has 20 heavy (non-hydrogen) atoms. The summed E-state index contributed by atoms with van der Waals surface area (Å²) in [7, 11) is 0. The number of benzene rings is 1. The average molecular weight is 284 g/mol. The molecule has 0 spiro atoms. The van der Waals surface area contributed by atoms with E-state index in [1.165, 1.54) is 23.2 Å². The Hall–Kier alpha value is -1.94. The molecule has 3 nitrogen and oxygen atoms in total. The minimum Gasteiger partial charge on any atom is -0.313 e. The minimum absolute atomic E-state index is 0.0776. The van der Waals surface area contributed by atoms with Gasteiger partial charge in [-0.3, -0.25) is 4.79 Å². The first-order valence-corrected chi connectivity index (χ1v) is 7.40. The van der Waals surface area contributed by atoms with Crippen LogP contribution in [-0.2, 0) is 5.41 Å². The summed E-state index contributed by atoms with van der Waals surface area (Å²) >= 11 is 1.50. The molecule has 0 aliphatic heterocycles. The predicted octanol–water partition coefficient (Wildman–Crippen LogP) is 3.95. The van der Waals surface area contributed by atoms with Gasteiger partial charge in [-0.15, -0.1) is 11.3 Å². The van der Waals surface area contributed by atoms with E-state index in [2.05, 4.69) is 55.0 Å². The molecule has 0 radical (unpaired) electrons. The van der Waals surface area contributed by atoms with Gasteiger partial charge in [0.1, 0.15) is 4.83 Å². The Labute approximate surface area is 121 Å². The van der Waals surface area contributed by atoms with Crippen LogP contribution in [0.1, 0.15) is 26.3 Å². The van der Waals surface area contributed by atoms with Gasteiger partial charge in [-0.25, -0.2) is 4.98 Å².